The number of amides is 1. The highest BCUT2D eigenvalue weighted by atomic mass is 16.7. The van der Waals surface area contributed by atoms with E-state index in [4.69, 9.17) is 9.47 Å². The van der Waals surface area contributed by atoms with Gasteiger partial charge in [-0.1, -0.05) is 23.8 Å². The van der Waals surface area contributed by atoms with Crippen LogP contribution >= 0.6 is 0 Å². The second kappa shape index (κ2) is 7.28. The summed E-state index contributed by atoms with van der Waals surface area (Å²) in [5.74, 6) is 0.373. The van der Waals surface area contributed by atoms with E-state index in [2.05, 4.69) is 32.0 Å². The molecule has 2 aliphatic heterocycles. The van der Waals surface area contributed by atoms with Crippen LogP contribution in [0, 0.1) is 19.8 Å². The van der Waals surface area contributed by atoms with Crippen LogP contribution in [0.25, 0.3) is 6.08 Å². The van der Waals surface area contributed by atoms with Crippen LogP contribution in [0.2, 0.25) is 0 Å². The van der Waals surface area contributed by atoms with Gasteiger partial charge < -0.3 is 14.4 Å². The van der Waals surface area contributed by atoms with Gasteiger partial charge in [0.1, 0.15) is 0 Å². The van der Waals surface area contributed by atoms with Crippen molar-refractivity contribution in [3.63, 3.8) is 0 Å². The van der Waals surface area contributed by atoms with E-state index < -0.39 is 0 Å². The van der Waals surface area contributed by atoms with E-state index in [1.54, 1.807) is 6.08 Å². The summed E-state index contributed by atoms with van der Waals surface area (Å²) in [5.41, 5.74) is 3.53. The van der Waals surface area contributed by atoms with Gasteiger partial charge in [0.2, 0.25) is 5.91 Å². The quantitative estimate of drug-likeness (QED) is 0.805. The van der Waals surface area contributed by atoms with Crippen molar-refractivity contribution in [1.29, 1.82) is 0 Å². The lowest BCUT2D eigenvalue weighted by molar-refractivity contribution is -0.134. The minimum Gasteiger partial charge on any atom is -0.350 e. The minimum atomic E-state index is -0.131. The first kappa shape index (κ1) is 16.2. The zero-order chi connectivity index (χ0) is 16.2. The molecule has 2 saturated heterocycles. The summed E-state index contributed by atoms with van der Waals surface area (Å²) >= 11 is 0. The average molecular weight is 315 g/mol. The highest BCUT2D eigenvalue weighted by Gasteiger charge is 2.32. The van der Waals surface area contributed by atoms with Crippen molar-refractivity contribution in [1.82, 2.24) is 4.90 Å². The number of piperidine rings is 1. The average Bonchev–Trinajstić information content (AvgIpc) is 3.08. The van der Waals surface area contributed by atoms with E-state index in [9.17, 15) is 4.79 Å². The standard InChI is InChI=1S/C19H25NO3/c1-14-5-6-16(15(2)12-14)7-8-18(21)20-9-3-4-17(13-20)19-22-10-11-23-19/h5-8,12,17,19H,3-4,9-11,13H2,1-2H3/b8-7+. The smallest absolute Gasteiger partial charge is 0.246 e. The summed E-state index contributed by atoms with van der Waals surface area (Å²) in [5, 5.41) is 0. The summed E-state index contributed by atoms with van der Waals surface area (Å²) < 4.78 is 11.2. The van der Waals surface area contributed by atoms with Crippen LogP contribution in [0.15, 0.2) is 24.3 Å². The number of carbonyl (C=O) groups excluding carboxylic acids is 1. The van der Waals surface area contributed by atoms with Gasteiger partial charge >= 0.3 is 0 Å². The molecule has 1 aromatic rings. The molecule has 4 heteroatoms. The van der Waals surface area contributed by atoms with E-state index in [-0.39, 0.29) is 12.2 Å². The van der Waals surface area contributed by atoms with Crippen molar-refractivity contribution in [2.75, 3.05) is 26.3 Å². The molecule has 1 atom stereocenters. The first-order chi connectivity index (χ1) is 11.1. The minimum absolute atomic E-state index is 0.0765. The SMILES string of the molecule is Cc1ccc(/C=C/C(=O)N2CCCC(C3OCCO3)C2)c(C)c1. The van der Waals surface area contributed by atoms with Gasteiger partial charge in [-0.2, -0.15) is 0 Å². The third-order valence-electron chi connectivity index (χ3n) is 4.63. The summed E-state index contributed by atoms with van der Waals surface area (Å²) in [6, 6.07) is 6.27. The molecule has 0 bridgehead atoms. The lowest BCUT2D eigenvalue weighted by Gasteiger charge is -2.34. The molecule has 3 rings (SSSR count). The first-order valence-corrected chi connectivity index (χ1v) is 8.41. The fourth-order valence-corrected chi connectivity index (χ4v) is 3.36. The predicted molar refractivity (Wildman–Crippen MR) is 89.9 cm³/mol. The number of hydrogen-bond donors (Lipinski definition) is 0. The molecule has 23 heavy (non-hydrogen) atoms. The lowest BCUT2D eigenvalue weighted by atomic mass is 9.97. The normalized spacial score (nSPS) is 22.9. The molecule has 0 N–H and O–H groups in total. The Balaban J connectivity index is 1.61. The van der Waals surface area contributed by atoms with Gasteiger partial charge in [-0.15, -0.1) is 0 Å². The zero-order valence-corrected chi connectivity index (χ0v) is 14.0. The molecular formula is C19H25NO3. The number of rotatable bonds is 3. The number of aryl methyl sites for hydroxylation is 2. The van der Waals surface area contributed by atoms with Crippen molar-refractivity contribution >= 4 is 12.0 Å². The molecule has 0 aromatic heterocycles. The van der Waals surface area contributed by atoms with Crippen molar-refractivity contribution < 1.29 is 14.3 Å². The Kier molecular flexibility index (Phi) is 5.13. The van der Waals surface area contributed by atoms with Crippen LogP contribution in [-0.4, -0.2) is 43.4 Å². The van der Waals surface area contributed by atoms with Crippen LogP contribution in [0.5, 0.6) is 0 Å². The van der Waals surface area contributed by atoms with Crippen LogP contribution in [0.3, 0.4) is 0 Å². The monoisotopic (exact) mass is 315 g/mol. The van der Waals surface area contributed by atoms with E-state index >= 15 is 0 Å². The number of ether oxygens (including phenoxy) is 2. The number of nitrogens with zero attached hydrogens (tertiary/aromatic N) is 1. The van der Waals surface area contributed by atoms with Crippen molar-refractivity contribution in [2.24, 2.45) is 5.92 Å². The Morgan fingerprint density at radius 1 is 1.26 bits per heavy atom. The Labute approximate surface area is 138 Å². The summed E-state index contributed by atoms with van der Waals surface area (Å²) in [6.45, 7) is 7.03. The third-order valence-corrected chi connectivity index (χ3v) is 4.63. The van der Waals surface area contributed by atoms with Gasteiger partial charge in [0.25, 0.3) is 0 Å². The highest BCUT2D eigenvalue weighted by Crippen LogP contribution is 2.25. The molecule has 2 aliphatic rings. The molecule has 124 valence electrons. The van der Waals surface area contributed by atoms with E-state index in [0.29, 0.717) is 19.1 Å². The molecular weight excluding hydrogens is 290 g/mol. The Bertz CT molecular complexity index is 590. The molecule has 2 heterocycles. The van der Waals surface area contributed by atoms with Gasteiger partial charge in [0.05, 0.1) is 13.2 Å². The summed E-state index contributed by atoms with van der Waals surface area (Å²) in [4.78, 5) is 14.4. The van der Waals surface area contributed by atoms with Crippen molar-refractivity contribution in [3.8, 4) is 0 Å². The first-order valence-electron chi connectivity index (χ1n) is 8.41. The maximum atomic E-state index is 12.5. The Hall–Kier alpha value is -1.65. The third kappa shape index (κ3) is 4.01. The zero-order valence-electron chi connectivity index (χ0n) is 14.0. The predicted octanol–water partition coefficient (Wildman–Crippen LogP) is 2.93. The molecule has 1 aromatic carbocycles. The second-order valence-electron chi connectivity index (χ2n) is 6.49. The van der Waals surface area contributed by atoms with E-state index in [0.717, 1.165) is 31.5 Å². The molecule has 2 fully saturated rings. The Morgan fingerprint density at radius 2 is 2.04 bits per heavy atom. The summed E-state index contributed by atoms with van der Waals surface area (Å²) in [6.07, 6.45) is 5.56. The van der Waals surface area contributed by atoms with Crippen LogP contribution in [-0.2, 0) is 14.3 Å². The fourth-order valence-electron chi connectivity index (χ4n) is 3.36. The van der Waals surface area contributed by atoms with Crippen LogP contribution < -0.4 is 0 Å². The van der Waals surface area contributed by atoms with Gasteiger partial charge in [-0.05, 0) is 43.9 Å². The highest BCUT2D eigenvalue weighted by molar-refractivity contribution is 5.92. The van der Waals surface area contributed by atoms with Crippen molar-refractivity contribution in [3.05, 3.63) is 41.0 Å². The van der Waals surface area contributed by atoms with Gasteiger partial charge in [-0.25, -0.2) is 0 Å². The van der Waals surface area contributed by atoms with Crippen LogP contribution in [0.1, 0.15) is 29.5 Å². The fraction of sp³-hybridized carbons (Fsp3) is 0.526. The number of likely N-dealkylation sites (tertiary alicyclic amines) is 1. The number of hydrogen-bond acceptors (Lipinski definition) is 3. The van der Waals surface area contributed by atoms with Crippen molar-refractivity contribution in [2.45, 2.75) is 33.0 Å². The van der Waals surface area contributed by atoms with Gasteiger partial charge in [0, 0.05) is 25.1 Å². The largest absolute Gasteiger partial charge is 0.350 e. The molecule has 0 radical (unpaired) electrons. The van der Waals surface area contributed by atoms with E-state index in [1.165, 1.54) is 11.1 Å². The molecule has 0 spiro atoms. The molecule has 0 aliphatic carbocycles. The molecule has 1 amide bonds. The molecule has 0 saturated carbocycles. The Morgan fingerprint density at radius 3 is 2.78 bits per heavy atom. The maximum Gasteiger partial charge on any atom is 0.246 e. The topological polar surface area (TPSA) is 38.8 Å². The van der Waals surface area contributed by atoms with E-state index in [1.807, 2.05) is 11.0 Å². The second-order valence-corrected chi connectivity index (χ2v) is 6.49. The number of carbonyl (C=O) groups is 1. The number of benzene rings is 1. The van der Waals surface area contributed by atoms with Gasteiger partial charge in [-0.3, -0.25) is 4.79 Å². The van der Waals surface area contributed by atoms with Crippen LogP contribution in [0.4, 0.5) is 0 Å². The molecule has 4 nitrogen and oxygen atoms in total. The lowest BCUT2D eigenvalue weighted by Crippen LogP contribution is -2.43. The maximum absolute atomic E-state index is 12.5. The summed E-state index contributed by atoms with van der Waals surface area (Å²) in [7, 11) is 0. The van der Waals surface area contributed by atoms with Gasteiger partial charge in [0.15, 0.2) is 6.29 Å². The molecule has 1 unspecified atom stereocenters.